The van der Waals surface area contributed by atoms with Gasteiger partial charge in [0, 0.05) is 10.9 Å². The van der Waals surface area contributed by atoms with E-state index in [1.165, 1.54) is 33.2 Å². The Bertz CT molecular complexity index is 1050. The van der Waals surface area contributed by atoms with Crippen LogP contribution in [0.1, 0.15) is 11.1 Å². The number of pyridine rings is 1. The summed E-state index contributed by atoms with van der Waals surface area (Å²) >= 11 is 0. The van der Waals surface area contributed by atoms with Crippen molar-refractivity contribution in [2.24, 2.45) is 0 Å². The third-order valence-electron chi connectivity index (χ3n) is 4.73. The molecule has 1 nitrogen and oxygen atoms in total. The highest BCUT2D eigenvalue weighted by Gasteiger charge is 2.21. The van der Waals surface area contributed by atoms with E-state index in [0.29, 0.717) is 0 Å². The molecule has 23 heavy (non-hydrogen) atoms. The Morgan fingerprint density at radius 1 is 0.609 bits per heavy atom. The smallest absolute Gasteiger partial charge is 0.0712 e. The van der Waals surface area contributed by atoms with Gasteiger partial charge in [-0.3, -0.25) is 0 Å². The van der Waals surface area contributed by atoms with Gasteiger partial charge in [0.1, 0.15) is 0 Å². The predicted octanol–water partition coefficient (Wildman–Crippen LogP) is 5.47. The van der Waals surface area contributed by atoms with Gasteiger partial charge in [-0.25, -0.2) is 4.98 Å². The van der Waals surface area contributed by atoms with Gasteiger partial charge in [-0.05, 0) is 40.8 Å². The lowest BCUT2D eigenvalue weighted by atomic mass is 9.98. The van der Waals surface area contributed by atoms with Crippen molar-refractivity contribution in [3.8, 4) is 22.4 Å². The van der Waals surface area contributed by atoms with Crippen LogP contribution in [0.3, 0.4) is 0 Å². The van der Waals surface area contributed by atoms with E-state index in [0.717, 1.165) is 17.6 Å². The fourth-order valence-corrected chi connectivity index (χ4v) is 3.61. The molecular weight excluding hydrogens is 278 g/mol. The van der Waals surface area contributed by atoms with E-state index in [1.807, 2.05) is 6.07 Å². The molecular formula is C22H15N. The van der Waals surface area contributed by atoms with E-state index < -0.39 is 0 Å². The Morgan fingerprint density at radius 3 is 2.39 bits per heavy atom. The lowest BCUT2D eigenvalue weighted by Gasteiger charge is -2.09. The van der Waals surface area contributed by atoms with Gasteiger partial charge in [0.25, 0.3) is 0 Å². The zero-order chi connectivity index (χ0) is 15.2. The van der Waals surface area contributed by atoms with Crippen LogP contribution in [0.15, 0.2) is 78.9 Å². The summed E-state index contributed by atoms with van der Waals surface area (Å²) in [4.78, 5) is 4.89. The molecule has 0 fully saturated rings. The molecule has 108 valence electrons. The summed E-state index contributed by atoms with van der Waals surface area (Å²) in [6.45, 7) is 0. The summed E-state index contributed by atoms with van der Waals surface area (Å²) in [5, 5.41) is 1.19. The highest BCUT2D eigenvalue weighted by atomic mass is 14.7. The summed E-state index contributed by atoms with van der Waals surface area (Å²) in [5.41, 5.74) is 8.90. The first kappa shape index (κ1) is 12.6. The van der Waals surface area contributed by atoms with Crippen LogP contribution in [0.25, 0.3) is 33.3 Å². The second kappa shape index (κ2) is 4.79. The Kier molecular flexibility index (Phi) is 2.62. The molecule has 1 heteroatoms. The predicted molar refractivity (Wildman–Crippen MR) is 95.4 cm³/mol. The van der Waals surface area contributed by atoms with Crippen LogP contribution < -0.4 is 0 Å². The van der Waals surface area contributed by atoms with Crippen molar-refractivity contribution in [1.82, 2.24) is 4.98 Å². The average Bonchev–Trinajstić information content (AvgIpc) is 3.00. The summed E-state index contributed by atoms with van der Waals surface area (Å²) < 4.78 is 0. The fourth-order valence-electron chi connectivity index (χ4n) is 3.61. The van der Waals surface area contributed by atoms with Crippen molar-refractivity contribution in [1.29, 1.82) is 0 Å². The van der Waals surface area contributed by atoms with Crippen LogP contribution >= 0.6 is 0 Å². The number of hydrogen-bond donors (Lipinski definition) is 0. The lowest BCUT2D eigenvalue weighted by Crippen LogP contribution is -1.91. The largest absolute Gasteiger partial charge is 0.248 e. The van der Waals surface area contributed by atoms with E-state index in [2.05, 4.69) is 72.8 Å². The molecule has 0 radical (unpaired) electrons. The first-order valence-corrected chi connectivity index (χ1v) is 7.96. The van der Waals surface area contributed by atoms with Gasteiger partial charge < -0.3 is 0 Å². The quantitative estimate of drug-likeness (QED) is 0.399. The summed E-state index contributed by atoms with van der Waals surface area (Å²) in [7, 11) is 0. The molecule has 0 unspecified atom stereocenters. The molecule has 0 atom stereocenters. The number of fused-ring (bicyclic) bond motifs is 4. The first-order chi connectivity index (χ1) is 11.4. The van der Waals surface area contributed by atoms with Gasteiger partial charge in [0.15, 0.2) is 0 Å². The van der Waals surface area contributed by atoms with Crippen LogP contribution in [0.4, 0.5) is 0 Å². The van der Waals surface area contributed by atoms with Gasteiger partial charge in [0.05, 0.1) is 11.2 Å². The highest BCUT2D eigenvalue weighted by molar-refractivity contribution is 5.86. The normalized spacial score (nSPS) is 12.2. The molecule has 0 spiro atoms. The number of aromatic nitrogens is 1. The maximum absolute atomic E-state index is 4.89. The number of rotatable bonds is 1. The summed E-state index contributed by atoms with van der Waals surface area (Å²) in [5.74, 6) is 0. The zero-order valence-electron chi connectivity index (χ0n) is 12.7. The maximum atomic E-state index is 4.89. The number of hydrogen-bond acceptors (Lipinski definition) is 1. The monoisotopic (exact) mass is 293 g/mol. The Hall–Kier alpha value is -2.93. The SMILES string of the molecule is c1ccc2c(c1)Cc1c(-c3ccc4ccccc4n3)cccc1-2. The molecule has 4 aromatic rings. The van der Waals surface area contributed by atoms with Crippen LogP contribution in [0, 0.1) is 0 Å². The average molecular weight is 293 g/mol. The molecule has 0 aliphatic heterocycles. The van der Waals surface area contributed by atoms with Crippen LogP contribution in [-0.2, 0) is 6.42 Å². The molecule has 5 rings (SSSR count). The van der Waals surface area contributed by atoms with Crippen molar-refractivity contribution < 1.29 is 0 Å². The van der Waals surface area contributed by atoms with Crippen LogP contribution in [-0.4, -0.2) is 4.98 Å². The van der Waals surface area contributed by atoms with Crippen molar-refractivity contribution in [3.63, 3.8) is 0 Å². The maximum Gasteiger partial charge on any atom is 0.0712 e. The molecule has 0 bridgehead atoms. The van der Waals surface area contributed by atoms with E-state index in [9.17, 15) is 0 Å². The Labute approximate surface area is 135 Å². The molecule has 0 N–H and O–H groups in total. The van der Waals surface area contributed by atoms with Gasteiger partial charge >= 0.3 is 0 Å². The summed E-state index contributed by atoms with van der Waals surface area (Å²) in [6, 6.07) is 27.9. The molecule has 0 saturated carbocycles. The molecule has 1 aliphatic carbocycles. The lowest BCUT2D eigenvalue weighted by molar-refractivity contribution is 1.25. The minimum absolute atomic E-state index is 0.996. The topological polar surface area (TPSA) is 12.9 Å². The summed E-state index contributed by atoms with van der Waals surface area (Å²) in [6.07, 6.45) is 0.996. The number of benzene rings is 3. The van der Waals surface area contributed by atoms with E-state index >= 15 is 0 Å². The highest BCUT2D eigenvalue weighted by Crippen LogP contribution is 2.41. The van der Waals surface area contributed by atoms with E-state index in [-0.39, 0.29) is 0 Å². The van der Waals surface area contributed by atoms with Gasteiger partial charge in [-0.2, -0.15) is 0 Å². The molecule has 1 aliphatic rings. The minimum atomic E-state index is 0.996. The Balaban J connectivity index is 1.73. The number of para-hydroxylation sites is 1. The van der Waals surface area contributed by atoms with E-state index in [4.69, 9.17) is 4.98 Å². The van der Waals surface area contributed by atoms with Crippen LogP contribution in [0.5, 0.6) is 0 Å². The van der Waals surface area contributed by atoms with Crippen molar-refractivity contribution >= 4 is 10.9 Å². The first-order valence-electron chi connectivity index (χ1n) is 7.96. The molecule has 1 heterocycles. The third kappa shape index (κ3) is 1.90. The molecule has 0 saturated heterocycles. The third-order valence-corrected chi connectivity index (χ3v) is 4.73. The molecule has 1 aromatic heterocycles. The van der Waals surface area contributed by atoms with Gasteiger partial charge in [-0.1, -0.05) is 66.7 Å². The van der Waals surface area contributed by atoms with Crippen molar-refractivity contribution in [3.05, 3.63) is 90.0 Å². The fraction of sp³-hybridized carbons (Fsp3) is 0.0455. The van der Waals surface area contributed by atoms with Crippen molar-refractivity contribution in [2.75, 3.05) is 0 Å². The standard InChI is InChI=1S/C22H15N/c1-3-8-17-16(7-1)14-20-18(17)9-5-10-19(20)22-13-12-15-6-2-4-11-21(15)23-22/h1-13H,14H2. The van der Waals surface area contributed by atoms with Crippen molar-refractivity contribution in [2.45, 2.75) is 6.42 Å². The van der Waals surface area contributed by atoms with Crippen LogP contribution in [0.2, 0.25) is 0 Å². The molecule has 3 aromatic carbocycles. The minimum Gasteiger partial charge on any atom is -0.248 e. The van der Waals surface area contributed by atoms with E-state index in [1.54, 1.807) is 0 Å². The number of nitrogens with zero attached hydrogens (tertiary/aromatic N) is 1. The van der Waals surface area contributed by atoms with Gasteiger partial charge in [0.2, 0.25) is 0 Å². The second-order valence-electron chi connectivity index (χ2n) is 6.05. The Morgan fingerprint density at radius 2 is 1.39 bits per heavy atom. The zero-order valence-corrected chi connectivity index (χ0v) is 12.7. The van der Waals surface area contributed by atoms with Gasteiger partial charge in [-0.15, -0.1) is 0 Å². The molecule has 0 amide bonds. The second-order valence-corrected chi connectivity index (χ2v) is 6.05.